The predicted octanol–water partition coefficient (Wildman–Crippen LogP) is 3.82. The fourth-order valence-electron chi connectivity index (χ4n) is 3.65. The van der Waals surface area contributed by atoms with Crippen LogP contribution in [0.3, 0.4) is 0 Å². The number of hydrogen-bond acceptors (Lipinski definition) is 3. The molecule has 1 saturated heterocycles. The minimum absolute atomic E-state index is 0.0966. The zero-order chi connectivity index (χ0) is 19.9. The molecule has 3 amide bonds. The third-order valence-electron chi connectivity index (χ3n) is 5.12. The normalized spacial score (nSPS) is 19.0. The molecule has 0 saturated carbocycles. The van der Waals surface area contributed by atoms with Crippen LogP contribution in [0.1, 0.15) is 23.6 Å². The van der Waals surface area contributed by atoms with E-state index in [9.17, 15) is 19.2 Å². The number of nitrogens with zero attached hydrogens (tertiary/aromatic N) is 2. The lowest BCUT2D eigenvalue weighted by atomic mass is 9.87. The third kappa shape index (κ3) is 2.69. The molecule has 138 valence electrons. The number of urea groups is 1. The number of carbonyl (C=O) groups excluding carboxylic acids is 2. The van der Waals surface area contributed by atoms with Crippen molar-refractivity contribution in [1.29, 1.82) is 5.26 Å². The van der Waals surface area contributed by atoms with Gasteiger partial charge in [-0.2, -0.15) is 5.26 Å². The van der Waals surface area contributed by atoms with E-state index in [0.717, 1.165) is 21.7 Å². The van der Waals surface area contributed by atoms with Gasteiger partial charge in [0.15, 0.2) is 0 Å². The fraction of sp³-hybridized carbons (Fsp3) is 0.136. The highest BCUT2D eigenvalue weighted by atomic mass is 19.1. The van der Waals surface area contributed by atoms with E-state index in [1.54, 1.807) is 6.92 Å². The smallest absolute Gasteiger partial charge is 0.319 e. The molecule has 6 heteroatoms. The number of hydrogen-bond donors (Lipinski definition) is 1. The molecule has 0 spiro atoms. The van der Waals surface area contributed by atoms with Gasteiger partial charge in [-0.25, -0.2) is 9.18 Å². The minimum Gasteiger partial charge on any atom is -0.319 e. The van der Waals surface area contributed by atoms with Gasteiger partial charge < -0.3 is 5.32 Å². The second-order valence-electron chi connectivity index (χ2n) is 6.89. The number of rotatable bonds is 3. The van der Waals surface area contributed by atoms with Crippen molar-refractivity contribution < 1.29 is 14.0 Å². The molecule has 1 heterocycles. The summed E-state index contributed by atoms with van der Waals surface area (Å²) in [4.78, 5) is 26.9. The average molecular weight is 373 g/mol. The first-order chi connectivity index (χ1) is 13.4. The molecule has 1 atom stereocenters. The Bertz CT molecular complexity index is 1160. The summed E-state index contributed by atoms with van der Waals surface area (Å²) in [6, 6.07) is 18.3. The Morgan fingerprint density at radius 3 is 2.64 bits per heavy atom. The molecule has 0 radical (unpaired) electrons. The highest BCUT2D eigenvalue weighted by Crippen LogP contribution is 2.34. The Kier molecular flexibility index (Phi) is 4.08. The highest BCUT2D eigenvalue weighted by Gasteiger charge is 2.49. The van der Waals surface area contributed by atoms with E-state index >= 15 is 0 Å². The fourth-order valence-corrected chi connectivity index (χ4v) is 3.65. The van der Waals surface area contributed by atoms with Gasteiger partial charge in [0, 0.05) is 0 Å². The summed E-state index contributed by atoms with van der Waals surface area (Å²) in [5.74, 6) is -0.958. The summed E-state index contributed by atoms with van der Waals surface area (Å²) in [5.41, 5.74) is -0.0230. The van der Waals surface area contributed by atoms with Crippen LogP contribution in [0.4, 0.5) is 9.18 Å². The van der Waals surface area contributed by atoms with E-state index in [1.165, 1.54) is 12.1 Å². The average Bonchev–Trinajstić information content (AvgIpc) is 2.92. The molecule has 3 aromatic carbocycles. The van der Waals surface area contributed by atoms with Gasteiger partial charge in [0.05, 0.1) is 18.2 Å². The molecular formula is C22H16FN3O2. The van der Waals surface area contributed by atoms with Crippen LogP contribution in [0.15, 0.2) is 60.7 Å². The van der Waals surface area contributed by atoms with Crippen LogP contribution in [0.5, 0.6) is 0 Å². The lowest BCUT2D eigenvalue weighted by molar-refractivity contribution is -0.131. The van der Waals surface area contributed by atoms with Crippen molar-refractivity contribution >= 4 is 22.7 Å². The molecule has 1 fully saturated rings. The van der Waals surface area contributed by atoms with Gasteiger partial charge in [-0.1, -0.05) is 48.5 Å². The van der Waals surface area contributed by atoms with Crippen molar-refractivity contribution in [1.82, 2.24) is 10.2 Å². The maximum absolute atomic E-state index is 13.4. The highest BCUT2D eigenvalue weighted by molar-refractivity contribution is 6.09. The van der Waals surface area contributed by atoms with Crippen LogP contribution in [0, 0.1) is 17.1 Å². The maximum Gasteiger partial charge on any atom is 0.325 e. The molecule has 5 nitrogen and oxygen atoms in total. The third-order valence-corrected chi connectivity index (χ3v) is 5.12. The van der Waals surface area contributed by atoms with Crippen molar-refractivity contribution in [3.63, 3.8) is 0 Å². The zero-order valence-corrected chi connectivity index (χ0v) is 15.1. The Hall–Kier alpha value is -3.72. The van der Waals surface area contributed by atoms with Crippen molar-refractivity contribution in [3.8, 4) is 6.07 Å². The quantitative estimate of drug-likeness (QED) is 0.710. The number of imide groups is 1. The molecule has 0 aliphatic carbocycles. The van der Waals surface area contributed by atoms with Crippen molar-refractivity contribution in [2.24, 2.45) is 0 Å². The number of carbonyl (C=O) groups is 2. The largest absolute Gasteiger partial charge is 0.325 e. The van der Waals surface area contributed by atoms with Crippen LogP contribution < -0.4 is 5.32 Å². The van der Waals surface area contributed by atoms with Gasteiger partial charge >= 0.3 is 6.03 Å². The van der Waals surface area contributed by atoms with E-state index < -0.39 is 23.3 Å². The molecule has 4 rings (SSSR count). The molecule has 0 bridgehead atoms. The first-order valence-corrected chi connectivity index (χ1v) is 8.75. The number of nitriles is 1. The molecule has 28 heavy (non-hydrogen) atoms. The summed E-state index contributed by atoms with van der Waals surface area (Å²) in [7, 11) is 0. The number of halogens is 1. The summed E-state index contributed by atoms with van der Waals surface area (Å²) in [5, 5.41) is 13.9. The van der Waals surface area contributed by atoms with Gasteiger partial charge in [0.25, 0.3) is 5.91 Å². The Labute approximate surface area is 161 Å². The zero-order valence-electron chi connectivity index (χ0n) is 15.1. The summed E-state index contributed by atoms with van der Waals surface area (Å²) >= 11 is 0. The molecule has 1 aliphatic rings. The molecule has 0 aromatic heterocycles. The summed E-state index contributed by atoms with van der Waals surface area (Å²) in [6.45, 7) is 1.57. The van der Waals surface area contributed by atoms with Gasteiger partial charge in [-0.05, 0) is 41.0 Å². The standard InChI is InChI=1S/C22H16FN3O2/c1-22(19-8-4-6-14-5-2-3-7-18(14)19)20(27)26(21(28)25-22)13-15-9-10-17(23)11-16(15)12-24/h2-11H,13H2,1H3,(H,25,28). The van der Waals surface area contributed by atoms with E-state index in [0.29, 0.717) is 11.1 Å². The Morgan fingerprint density at radius 1 is 1.11 bits per heavy atom. The first-order valence-electron chi connectivity index (χ1n) is 8.75. The van der Waals surface area contributed by atoms with E-state index in [1.807, 2.05) is 48.5 Å². The van der Waals surface area contributed by atoms with E-state index in [2.05, 4.69) is 5.32 Å². The van der Waals surface area contributed by atoms with Gasteiger partial charge in [-0.3, -0.25) is 9.69 Å². The number of nitrogens with one attached hydrogen (secondary N) is 1. The molecular weight excluding hydrogens is 357 g/mol. The van der Waals surface area contributed by atoms with Crippen molar-refractivity contribution in [2.45, 2.75) is 19.0 Å². The van der Waals surface area contributed by atoms with Crippen molar-refractivity contribution in [3.05, 3.63) is 83.2 Å². The van der Waals surface area contributed by atoms with Gasteiger partial charge in [-0.15, -0.1) is 0 Å². The second kappa shape index (κ2) is 6.46. The molecule has 1 aliphatic heterocycles. The Morgan fingerprint density at radius 2 is 1.86 bits per heavy atom. The first kappa shape index (κ1) is 17.7. The van der Waals surface area contributed by atoms with Crippen LogP contribution in [-0.2, 0) is 16.9 Å². The lowest BCUT2D eigenvalue weighted by Crippen LogP contribution is -2.41. The molecule has 3 aromatic rings. The monoisotopic (exact) mass is 373 g/mol. The second-order valence-corrected chi connectivity index (χ2v) is 6.89. The van der Waals surface area contributed by atoms with Crippen LogP contribution in [0.2, 0.25) is 0 Å². The SMILES string of the molecule is CC1(c2cccc3ccccc23)NC(=O)N(Cc2ccc(F)cc2C#N)C1=O. The van der Waals surface area contributed by atoms with Crippen LogP contribution >= 0.6 is 0 Å². The van der Waals surface area contributed by atoms with E-state index in [-0.39, 0.29) is 12.1 Å². The van der Waals surface area contributed by atoms with Gasteiger partial charge in [0.1, 0.15) is 11.4 Å². The Balaban J connectivity index is 1.74. The van der Waals surface area contributed by atoms with E-state index in [4.69, 9.17) is 0 Å². The maximum atomic E-state index is 13.4. The lowest BCUT2D eigenvalue weighted by Gasteiger charge is -2.24. The topological polar surface area (TPSA) is 73.2 Å². The summed E-state index contributed by atoms with van der Waals surface area (Å²) < 4.78 is 13.4. The molecule has 1 unspecified atom stereocenters. The number of amides is 3. The molecule has 1 N–H and O–H groups in total. The van der Waals surface area contributed by atoms with Crippen molar-refractivity contribution in [2.75, 3.05) is 0 Å². The number of fused-ring (bicyclic) bond motifs is 1. The minimum atomic E-state index is -1.23. The van der Waals surface area contributed by atoms with Crippen LogP contribution in [0.25, 0.3) is 10.8 Å². The van der Waals surface area contributed by atoms with Gasteiger partial charge in [0.2, 0.25) is 0 Å². The predicted molar refractivity (Wildman–Crippen MR) is 101 cm³/mol. The summed E-state index contributed by atoms with van der Waals surface area (Å²) in [6.07, 6.45) is 0. The van der Waals surface area contributed by atoms with Crippen LogP contribution in [-0.4, -0.2) is 16.8 Å². The number of benzene rings is 3.